The van der Waals surface area contributed by atoms with E-state index in [4.69, 9.17) is 5.73 Å². The van der Waals surface area contributed by atoms with Crippen LogP contribution in [0.25, 0.3) is 16.9 Å². The lowest BCUT2D eigenvalue weighted by atomic mass is 10.0. The molecule has 0 radical (unpaired) electrons. The third-order valence-electron chi connectivity index (χ3n) is 3.90. The van der Waals surface area contributed by atoms with Gasteiger partial charge in [-0.05, 0) is 48.6 Å². The average molecular weight is 265 g/mol. The number of nitrogens with zero attached hydrogens (tertiary/aromatic N) is 4. The molecule has 3 aromatic rings. The van der Waals surface area contributed by atoms with E-state index in [1.165, 1.54) is 30.4 Å². The molecule has 4 rings (SSSR count). The highest BCUT2D eigenvalue weighted by atomic mass is 15.4. The van der Waals surface area contributed by atoms with Crippen LogP contribution in [0.15, 0.2) is 30.3 Å². The zero-order valence-corrected chi connectivity index (χ0v) is 11.1. The van der Waals surface area contributed by atoms with Crippen molar-refractivity contribution in [1.29, 1.82) is 0 Å². The van der Waals surface area contributed by atoms with Crippen LogP contribution >= 0.6 is 0 Å². The first-order valence-corrected chi connectivity index (χ1v) is 6.89. The molecule has 2 aromatic heterocycles. The molecule has 2 heterocycles. The standard InChI is InChI=1S/C15H15N5/c16-9-15-18-17-14-7-6-13(19-20(14)15)12-5-4-10-2-1-3-11(10)8-12/h4-8H,1-3,9,16H2. The summed E-state index contributed by atoms with van der Waals surface area (Å²) < 4.78 is 1.72. The largest absolute Gasteiger partial charge is 0.324 e. The van der Waals surface area contributed by atoms with Gasteiger partial charge in [-0.3, -0.25) is 0 Å². The van der Waals surface area contributed by atoms with Gasteiger partial charge in [-0.2, -0.15) is 9.61 Å². The van der Waals surface area contributed by atoms with Crippen molar-refractivity contribution in [1.82, 2.24) is 19.8 Å². The Bertz CT molecular complexity index is 790. The topological polar surface area (TPSA) is 69.1 Å². The van der Waals surface area contributed by atoms with Crippen molar-refractivity contribution in [3.05, 3.63) is 47.3 Å². The normalized spacial score (nSPS) is 13.8. The molecule has 0 fully saturated rings. The van der Waals surface area contributed by atoms with Gasteiger partial charge in [0, 0.05) is 5.56 Å². The van der Waals surface area contributed by atoms with Gasteiger partial charge in [-0.25, -0.2) is 0 Å². The molecule has 0 saturated carbocycles. The molecule has 2 N–H and O–H groups in total. The molecule has 0 aliphatic heterocycles. The molecule has 0 saturated heterocycles. The minimum absolute atomic E-state index is 0.335. The minimum atomic E-state index is 0.335. The first-order chi connectivity index (χ1) is 9.85. The molecule has 0 bridgehead atoms. The van der Waals surface area contributed by atoms with Crippen molar-refractivity contribution in [2.75, 3.05) is 0 Å². The first-order valence-electron chi connectivity index (χ1n) is 6.89. The van der Waals surface area contributed by atoms with E-state index in [2.05, 4.69) is 33.5 Å². The van der Waals surface area contributed by atoms with Gasteiger partial charge in [-0.1, -0.05) is 12.1 Å². The van der Waals surface area contributed by atoms with Gasteiger partial charge in [0.15, 0.2) is 11.5 Å². The maximum absolute atomic E-state index is 5.66. The lowest BCUT2D eigenvalue weighted by Crippen LogP contribution is -2.05. The molecule has 0 atom stereocenters. The minimum Gasteiger partial charge on any atom is -0.324 e. The second-order valence-corrected chi connectivity index (χ2v) is 5.15. The van der Waals surface area contributed by atoms with E-state index in [0.717, 1.165) is 16.9 Å². The third kappa shape index (κ3) is 1.71. The zero-order chi connectivity index (χ0) is 13.5. The number of benzene rings is 1. The number of aromatic nitrogens is 4. The van der Waals surface area contributed by atoms with Crippen LogP contribution in [0.3, 0.4) is 0 Å². The SMILES string of the molecule is NCc1nnc2ccc(-c3ccc4c(c3)CCC4)nn12. The smallest absolute Gasteiger partial charge is 0.177 e. The predicted molar refractivity (Wildman–Crippen MR) is 76.1 cm³/mol. The number of rotatable bonds is 2. The summed E-state index contributed by atoms with van der Waals surface area (Å²) in [6.45, 7) is 0.335. The van der Waals surface area contributed by atoms with E-state index in [-0.39, 0.29) is 0 Å². The van der Waals surface area contributed by atoms with Gasteiger partial charge in [-0.15, -0.1) is 10.2 Å². The molecule has 1 aliphatic carbocycles. The van der Waals surface area contributed by atoms with E-state index in [1.54, 1.807) is 4.52 Å². The lowest BCUT2D eigenvalue weighted by Gasteiger charge is -2.05. The van der Waals surface area contributed by atoms with Crippen molar-refractivity contribution in [3.8, 4) is 11.3 Å². The maximum atomic E-state index is 5.66. The summed E-state index contributed by atoms with van der Waals surface area (Å²) in [5, 5.41) is 12.7. The zero-order valence-electron chi connectivity index (χ0n) is 11.1. The van der Waals surface area contributed by atoms with Crippen LogP contribution in [0.4, 0.5) is 0 Å². The number of hydrogen-bond donors (Lipinski definition) is 1. The van der Waals surface area contributed by atoms with Gasteiger partial charge in [0.2, 0.25) is 0 Å². The fraction of sp³-hybridized carbons (Fsp3) is 0.267. The van der Waals surface area contributed by atoms with Crippen LogP contribution in [0, 0.1) is 0 Å². The summed E-state index contributed by atoms with van der Waals surface area (Å²) in [7, 11) is 0. The highest BCUT2D eigenvalue weighted by Gasteiger charge is 2.13. The Morgan fingerprint density at radius 3 is 2.85 bits per heavy atom. The molecule has 5 heteroatoms. The quantitative estimate of drug-likeness (QED) is 0.766. The van der Waals surface area contributed by atoms with E-state index in [9.17, 15) is 0 Å². The van der Waals surface area contributed by atoms with Crippen LogP contribution < -0.4 is 5.73 Å². The lowest BCUT2D eigenvalue weighted by molar-refractivity contribution is 0.811. The monoisotopic (exact) mass is 265 g/mol. The average Bonchev–Trinajstić information content (AvgIpc) is 3.12. The Morgan fingerprint density at radius 2 is 1.95 bits per heavy atom. The predicted octanol–water partition coefficient (Wildman–Crippen LogP) is 1.74. The van der Waals surface area contributed by atoms with Gasteiger partial charge in [0.25, 0.3) is 0 Å². The Morgan fingerprint density at radius 1 is 1.05 bits per heavy atom. The second-order valence-electron chi connectivity index (χ2n) is 5.15. The Labute approximate surface area is 116 Å². The van der Waals surface area contributed by atoms with Crippen LogP contribution in [-0.2, 0) is 19.4 Å². The number of hydrogen-bond acceptors (Lipinski definition) is 4. The van der Waals surface area contributed by atoms with Crippen molar-refractivity contribution >= 4 is 5.65 Å². The van der Waals surface area contributed by atoms with Crippen molar-refractivity contribution < 1.29 is 0 Å². The molecular weight excluding hydrogens is 250 g/mol. The highest BCUT2D eigenvalue weighted by molar-refractivity contribution is 5.62. The van der Waals surface area contributed by atoms with Gasteiger partial charge < -0.3 is 5.73 Å². The van der Waals surface area contributed by atoms with Crippen LogP contribution in [0.2, 0.25) is 0 Å². The second kappa shape index (κ2) is 4.38. The van der Waals surface area contributed by atoms with Crippen LogP contribution in [-0.4, -0.2) is 19.8 Å². The van der Waals surface area contributed by atoms with Gasteiger partial charge >= 0.3 is 0 Å². The number of aryl methyl sites for hydroxylation is 2. The highest BCUT2D eigenvalue weighted by Crippen LogP contribution is 2.27. The molecule has 0 unspecified atom stereocenters. The summed E-state index contributed by atoms with van der Waals surface area (Å²) in [6.07, 6.45) is 3.63. The van der Waals surface area contributed by atoms with Crippen LogP contribution in [0.1, 0.15) is 23.4 Å². The van der Waals surface area contributed by atoms with Gasteiger partial charge in [0.1, 0.15) is 0 Å². The Kier molecular flexibility index (Phi) is 2.53. The summed E-state index contributed by atoms with van der Waals surface area (Å²) in [6, 6.07) is 10.5. The Balaban J connectivity index is 1.85. The molecule has 20 heavy (non-hydrogen) atoms. The molecule has 1 aliphatic rings. The van der Waals surface area contributed by atoms with E-state index in [1.807, 2.05) is 12.1 Å². The number of nitrogens with two attached hydrogens (primary N) is 1. The van der Waals surface area contributed by atoms with Crippen molar-refractivity contribution in [3.63, 3.8) is 0 Å². The molecule has 0 spiro atoms. The van der Waals surface area contributed by atoms with E-state index >= 15 is 0 Å². The van der Waals surface area contributed by atoms with E-state index < -0.39 is 0 Å². The number of fused-ring (bicyclic) bond motifs is 2. The van der Waals surface area contributed by atoms with Crippen LogP contribution in [0.5, 0.6) is 0 Å². The summed E-state index contributed by atoms with van der Waals surface area (Å²) in [4.78, 5) is 0. The maximum Gasteiger partial charge on any atom is 0.177 e. The van der Waals surface area contributed by atoms with Gasteiger partial charge in [0.05, 0.1) is 12.2 Å². The Hall–Kier alpha value is -2.27. The summed E-state index contributed by atoms with van der Waals surface area (Å²) >= 11 is 0. The molecular formula is C15H15N5. The van der Waals surface area contributed by atoms with Crippen molar-refractivity contribution in [2.24, 2.45) is 5.73 Å². The fourth-order valence-corrected chi connectivity index (χ4v) is 2.85. The summed E-state index contributed by atoms with van der Waals surface area (Å²) in [5.74, 6) is 0.683. The molecule has 5 nitrogen and oxygen atoms in total. The van der Waals surface area contributed by atoms with E-state index in [0.29, 0.717) is 12.4 Å². The first kappa shape index (κ1) is 11.5. The third-order valence-corrected chi connectivity index (χ3v) is 3.90. The van der Waals surface area contributed by atoms with Crippen molar-refractivity contribution in [2.45, 2.75) is 25.8 Å². The summed E-state index contributed by atoms with van der Waals surface area (Å²) in [5.41, 5.74) is 11.4. The molecule has 0 amide bonds. The fourth-order valence-electron chi connectivity index (χ4n) is 2.85. The molecule has 1 aromatic carbocycles. The molecule has 100 valence electrons.